The smallest absolute Gasteiger partial charge is 0.269 e. The lowest BCUT2D eigenvalue weighted by Crippen LogP contribution is -2.22. The first-order valence-electron chi connectivity index (χ1n) is 5.24. The zero-order valence-corrected chi connectivity index (χ0v) is 9.51. The maximum absolute atomic E-state index is 10.4. The van der Waals surface area contributed by atoms with Gasteiger partial charge >= 0.3 is 0 Å². The summed E-state index contributed by atoms with van der Waals surface area (Å²) in [6.07, 6.45) is 3.94. The minimum atomic E-state index is -0.395. The SMILES string of the molecule is CC(C)NCC=Cc1ccc([N+](=O)[O-])cc1. The lowest BCUT2D eigenvalue weighted by Gasteiger charge is -2.03. The number of nitro groups is 1. The molecule has 0 unspecified atom stereocenters. The number of nitrogens with zero attached hydrogens (tertiary/aromatic N) is 1. The van der Waals surface area contributed by atoms with Crippen molar-refractivity contribution >= 4 is 11.8 Å². The molecule has 0 atom stereocenters. The van der Waals surface area contributed by atoms with Crippen LogP contribution in [0.5, 0.6) is 0 Å². The minimum Gasteiger partial charge on any atom is -0.311 e. The van der Waals surface area contributed by atoms with E-state index in [4.69, 9.17) is 0 Å². The summed E-state index contributed by atoms with van der Waals surface area (Å²) in [5.41, 5.74) is 1.09. The highest BCUT2D eigenvalue weighted by atomic mass is 16.6. The average Bonchev–Trinajstić information content (AvgIpc) is 2.25. The van der Waals surface area contributed by atoms with Crippen molar-refractivity contribution in [2.24, 2.45) is 0 Å². The fraction of sp³-hybridized carbons (Fsp3) is 0.333. The summed E-state index contributed by atoms with van der Waals surface area (Å²) in [5.74, 6) is 0. The molecule has 0 aliphatic carbocycles. The Morgan fingerprint density at radius 2 is 2.00 bits per heavy atom. The minimum absolute atomic E-state index is 0.123. The summed E-state index contributed by atoms with van der Waals surface area (Å²) in [5, 5.41) is 13.7. The predicted molar refractivity (Wildman–Crippen MR) is 65.3 cm³/mol. The second-order valence-corrected chi connectivity index (χ2v) is 3.81. The maximum Gasteiger partial charge on any atom is 0.269 e. The van der Waals surface area contributed by atoms with Crippen LogP contribution in [0.4, 0.5) is 5.69 Å². The van der Waals surface area contributed by atoms with Gasteiger partial charge in [-0.25, -0.2) is 0 Å². The number of nitro benzene ring substituents is 1. The number of hydrogen-bond donors (Lipinski definition) is 1. The van der Waals surface area contributed by atoms with Crippen LogP contribution in [0.25, 0.3) is 6.08 Å². The molecule has 16 heavy (non-hydrogen) atoms. The molecule has 0 aliphatic rings. The molecule has 0 saturated carbocycles. The lowest BCUT2D eigenvalue weighted by molar-refractivity contribution is -0.384. The standard InChI is InChI=1S/C12H16N2O2/c1-10(2)13-9-3-4-11-5-7-12(8-6-11)14(15)16/h3-8,10,13H,9H2,1-2H3. The molecule has 0 bridgehead atoms. The van der Waals surface area contributed by atoms with Gasteiger partial charge in [0.25, 0.3) is 5.69 Å². The van der Waals surface area contributed by atoms with Crippen LogP contribution < -0.4 is 5.32 Å². The van der Waals surface area contributed by atoms with Crippen LogP contribution in [0.1, 0.15) is 19.4 Å². The highest BCUT2D eigenvalue weighted by molar-refractivity contribution is 5.51. The van der Waals surface area contributed by atoms with Gasteiger partial charge in [-0.15, -0.1) is 0 Å². The molecule has 4 heteroatoms. The van der Waals surface area contributed by atoms with Gasteiger partial charge in [0.05, 0.1) is 4.92 Å². The van der Waals surface area contributed by atoms with E-state index in [0.29, 0.717) is 6.04 Å². The Morgan fingerprint density at radius 1 is 1.38 bits per heavy atom. The van der Waals surface area contributed by atoms with Crippen molar-refractivity contribution in [2.45, 2.75) is 19.9 Å². The number of nitrogens with one attached hydrogen (secondary N) is 1. The Balaban J connectivity index is 2.52. The monoisotopic (exact) mass is 220 g/mol. The van der Waals surface area contributed by atoms with Crippen molar-refractivity contribution in [2.75, 3.05) is 6.54 Å². The third-order valence-electron chi connectivity index (χ3n) is 2.06. The first-order valence-corrected chi connectivity index (χ1v) is 5.24. The molecule has 1 rings (SSSR count). The Labute approximate surface area is 95.1 Å². The van der Waals surface area contributed by atoms with Gasteiger partial charge in [-0.1, -0.05) is 26.0 Å². The summed E-state index contributed by atoms with van der Waals surface area (Å²) in [4.78, 5) is 10.0. The molecule has 1 N–H and O–H groups in total. The zero-order valence-electron chi connectivity index (χ0n) is 9.51. The average molecular weight is 220 g/mol. The molecule has 0 amide bonds. The fourth-order valence-corrected chi connectivity index (χ4v) is 1.21. The number of rotatable bonds is 5. The maximum atomic E-state index is 10.4. The van der Waals surface area contributed by atoms with Crippen LogP contribution in [0.15, 0.2) is 30.3 Å². The van der Waals surface area contributed by atoms with E-state index in [1.54, 1.807) is 12.1 Å². The van der Waals surface area contributed by atoms with E-state index in [2.05, 4.69) is 19.2 Å². The Hall–Kier alpha value is -1.68. The second kappa shape index (κ2) is 6.02. The van der Waals surface area contributed by atoms with E-state index in [9.17, 15) is 10.1 Å². The lowest BCUT2D eigenvalue weighted by atomic mass is 10.2. The number of benzene rings is 1. The summed E-state index contributed by atoms with van der Waals surface area (Å²) < 4.78 is 0. The molecule has 0 heterocycles. The zero-order chi connectivity index (χ0) is 12.0. The van der Waals surface area contributed by atoms with Crippen LogP contribution in [-0.2, 0) is 0 Å². The van der Waals surface area contributed by atoms with Crippen molar-refractivity contribution < 1.29 is 4.92 Å². The number of hydrogen-bond acceptors (Lipinski definition) is 3. The third kappa shape index (κ3) is 4.23. The van der Waals surface area contributed by atoms with Gasteiger partial charge in [0.1, 0.15) is 0 Å². The summed E-state index contributed by atoms with van der Waals surface area (Å²) in [7, 11) is 0. The van der Waals surface area contributed by atoms with E-state index in [0.717, 1.165) is 12.1 Å². The first kappa shape index (κ1) is 12.4. The molecular weight excluding hydrogens is 204 g/mol. The molecular formula is C12H16N2O2. The van der Waals surface area contributed by atoms with E-state index < -0.39 is 4.92 Å². The molecule has 0 radical (unpaired) electrons. The molecule has 1 aromatic rings. The number of non-ortho nitro benzene ring substituents is 1. The molecule has 0 aliphatic heterocycles. The Bertz CT molecular complexity index is 369. The van der Waals surface area contributed by atoms with E-state index in [1.165, 1.54) is 12.1 Å². The van der Waals surface area contributed by atoms with E-state index in [-0.39, 0.29) is 5.69 Å². The predicted octanol–water partition coefficient (Wildman–Crippen LogP) is 2.61. The van der Waals surface area contributed by atoms with Gasteiger partial charge < -0.3 is 5.32 Å². The van der Waals surface area contributed by atoms with Crippen LogP contribution in [0.2, 0.25) is 0 Å². The molecule has 4 nitrogen and oxygen atoms in total. The van der Waals surface area contributed by atoms with Crippen molar-refractivity contribution in [3.63, 3.8) is 0 Å². The Kier molecular flexibility index (Phi) is 4.66. The Morgan fingerprint density at radius 3 is 2.50 bits per heavy atom. The van der Waals surface area contributed by atoms with Gasteiger partial charge in [0.2, 0.25) is 0 Å². The van der Waals surface area contributed by atoms with Crippen molar-refractivity contribution in [3.8, 4) is 0 Å². The summed E-state index contributed by atoms with van der Waals surface area (Å²) >= 11 is 0. The molecule has 0 fully saturated rings. The van der Waals surface area contributed by atoms with Gasteiger partial charge in [0.15, 0.2) is 0 Å². The normalized spacial score (nSPS) is 11.2. The summed E-state index contributed by atoms with van der Waals surface area (Å²) in [6.45, 7) is 4.97. The second-order valence-electron chi connectivity index (χ2n) is 3.81. The van der Waals surface area contributed by atoms with E-state index >= 15 is 0 Å². The van der Waals surface area contributed by atoms with Crippen molar-refractivity contribution in [1.82, 2.24) is 5.32 Å². The van der Waals surface area contributed by atoms with Crippen LogP contribution >= 0.6 is 0 Å². The first-order chi connectivity index (χ1) is 7.59. The molecule has 86 valence electrons. The molecule has 1 aromatic carbocycles. The van der Waals surface area contributed by atoms with Crippen LogP contribution in [0.3, 0.4) is 0 Å². The van der Waals surface area contributed by atoms with Crippen LogP contribution in [0, 0.1) is 10.1 Å². The van der Waals surface area contributed by atoms with E-state index in [1.807, 2.05) is 12.2 Å². The van der Waals surface area contributed by atoms with Crippen molar-refractivity contribution in [1.29, 1.82) is 0 Å². The molecule has 0 saturated heterocycles. The molecule has 0 spiro atoms. The summed E-state index contributed by atoms with van der Waals surface area (Å²) in [6, 6.07) is 6.96. The largest absolute Gasteiger partial charge is 0.311 e. The fourth-order valence-electron chi connectivity index (χ4n) is 1.21. The quantitative estimate of drug-likeness (QED) is 0.613. The van der Waals surface area contributed by atoms with Gasteiger partial charge in [-0.2, -0.15) is 0 Å². The third-order valence-corrected chi connectivity index (χ3v) is 2.06. The highest BCUT2D eigenvalue weighted by Crippen LogP contribution is 2.12. The highest BCUT2D eigenvalue weighted by Gasteiger charge is 2.01. The van der Waals surface area contributed by atoms with Crippen LogP contribution in [-0.4, -0.2) is 17.5 Å². The van der Waals surface area contributed by atoms with Gasteiger partial charge in [-0.05, 0) is 17.7 Å². The molecule has 0 aromatic heterocycles. The topological polar surface area (TPSA) is 55.2 Å². The van der Waals surface area contributed by atoms with Crippen molar-refractivity contribution in [3.05, 3.63) is 46.0 Å². The van der Waals surface area contributed by atoms with Gasteiger partial charge in [-0.3, -0.25) is 10.1 Å². The van der Waals surface area contributed by atoms with Gasteiger partial charge in [0, 0.05) is 24.7 Å².